The van der Waals surface area contributed by atoms with Crippen molar-refractivity contribution in [1.29, 1.82) is 0 Å². The Hall–Kier alpha value is -2.25. The van der Waals surface area contributed by atoms with Gasteiger partial charge in [-0.3, -0.25) is 14.5 Å². The molecule has 0 saturated carbocycles. The molecule has 1 aromatic carbocycles. The van der Waals surface area contributed by atoms with E-state index < -0.39 is 11.9 Å². The Morgan fingerprint density at radius 2 is 1.90 bits per heavy atom. The van der Waals surface area contributed by atoms with E-state index in [1.807, 2.05) is 25.2 Å². The van der Waals surface area contributed by atoms with E-state index in [1.165, 1.54) is 34.7 Å². The summed E-state index contributed by atoms with van der Waals surface area (Å²) in [6, 6.07) is 7.03. The third-order valence-corrected chi connectivity index (χ3v) is 6.40. The monoisotopic (exact) mass is 417 g/mol. The van der Waals surface area contributed by atoms with Crippen molar-refractivity contribution in [2.75, 3.05) is 13.1 Å². The summed E-state index contributed by atoms with van der Waals surface area (Å²) in [4.78, 5) is 29.0. The van der Waals surface area contributed by atoms with Crippen molar-refractivity contribution in [2.24, 2.45) is 5.92 Å². The Bertz CT molecular complexity index is 850. The summed E-state index contributed by atoms with van der Waals surface area (Å²) in [5.74, 6) is -1.05. The molecule has 156 valence electrons. The minimum Gasteiger partial charge on any atom is -0.353 e. The number of carbonyl (C=O) groups is 2. The van der Waals surface area contributed by atoms with E-state index in [0.29, 0.717) is 12.1 Å². The molecule has 1 aliphatic rings. The zero-order chi connectivity index (χ0) is 21.0. The molecule has 0 spiro atoms. The van der Waals surface area contributed by atoms with Crippen LogP contribution in [0.5, 0.6) is 0 Å². The molecule has 2 amide bonds. The molecule has 1 aliphatic heterocycles. The molecule has 0 fully saturated rings. The molecule has 2 atom stereocenters. The van der Waals surface area contributed by atoms with E-state index >= 15 is 0 Å². The molecular formula is C22H28FN3O2S. The van der Waals surface area contributed by atoms with Crippen LogP contribution in [0.4, 0.5) is 4.39 Å². The average molecular weight is 418 g/mol. The Labute approximate surface area is 175 Å². The van der Waals surface area contributed by atoms with Gasteiger partial charge in [0.15, 0.2) is 0 Å². The van der Waals surface area contributed by atoms with Gasteiger partial charge in [-0.1, -0.05) is 13.8 Å². The maximum Gasteiger partial charge on any atom is 0.251 e. The van der Waals surface area contributed by atoms with E-state index in [0.717, 1.165) is 19.5 Å². The lowest BCUT2D eigenvalue weighted by molar-refractivity contribution is -0.124. The maximum atomic E-state index is 13.1. The third kappa shape index (κ3) is 5.42. The van der Waals surface area contributed by atoms with Crippen LogP contribution in [-0.4, -0.2) is 41.9 Å². The lowest BCUT2D eigenvalue weighted by atomic mass is 10.0. The molecule has 1 aromatic heterocycles. The number of amides is 2. The van der Waals surface area contributed by atoms with Crippen LogP contribution >= 0.6 is 11.3 Å². The van der Waals surface area contributed by atoms with E-state index in [4.69, 9.17) is 0 Å². The van der Waals surface area contributed by atoms with Crippen LogP contribution < -0.4 is 10.6 Å². The molecule has 7 heteroatoms. The molecule has 2 aromatic rings. The van der Waals surface area contributed by atoms with Gasteiger partial charge in [0.05, 0.1) is 0 Å². The number of hydrogen-bond donors (Lipinski definition) is 2. The van der Waals surface area contributed by atoms with E-state index in [-0.39, 0.29) is 23.8 Å². The van der Waals surface area contributed by atoms with Crippen LogP contribution in [0.2, 0.25) is 0 Å². The van der Waals surface area contributed by atoms with Gasteiger partial charge in [-0.15, -0.1) is 11.3 Å². The average Bonchev–Trinajstić information content (AvgIpc) is 3.17. The Morgan fingerprint density at radius 3 is 2.59 bits per heavy atom. The zero-order valence-corrected chi connectivity index (χ0v) is 17.9. The van der Waals surface area contributed by atoms with E-state index in [1.54, 1.807) is 0 Å². The number of fused-ring (bicyclic) bond motifs is 1. The van der Waals surface area contributed by atoms with Crippen LogP contribution in [0.25, 0.3) is 0 Å². The highest BCUT2D eigenvalue weighted by atomic mass is 32.1. The lowest BCUT2D eigenvalue weighted by Gasteiger charge is -2.33. The first-order valence-electron chi connectivity index (χ1n) is 9.98. The molecule has 2 N–H and O–H groups in total. The number of nitrogens with one attached hydrogen (secondary N) is 2. The predicted octanol–water partition coefficient (Wildman–Crippen LogP) is 3.20. The van der Waals surface area contributed by atoms with Crippen molar-refractivity contribution in [3.05, 3.63) is 57.5 Å². The number of rotatable bonds is 7. The van der Waals surface area contributed by atoms with Crippen molar-refractivity contribution in [3.8, 4) is 0 Å². The summed E-state index contributed by atoms with van der Waals surface area (Å²) in [5, 5.41) is 7.91. The molecule has 0 aliphatic carbocycles. The molecule has 0 bridgehead atoms. The second kappa shape index (κ2) is 9.50. The summed E-state index contributed by atoms with van der Waals surface area (Å²) in [6.07, 6.45) is 1.05. The van der Waals surface area contributed by atoms with Gasteiger partial charge in [0.2, 0.25) is 5.91 Å². The van der Waals surface area contributed by atoms with Crippen LogP contribution in [0.15, 0.2) is 35.7 Å². The van der Waals surface area contributed by atoms with Crippen molar-refractivity contribution >= 4 is 23.2 Å². The Kier molecular flexibility index (Phi) is 7.03. The Balaban J connectivity index is 1.54. The SMILES string of the molecule is CC(C)C(NC(=O)c1ccc(F)cc1)C(=O)NCC(C)N1CCc2sccc2C1. The van der Waals surface area contributed by atoms with Gasteiger partial charge in [-0.05, 0) is 60.5 Å². The standard InChI is InChI=1S/C22H28FN3O2S/c1-14(2)20(25-21(27)16-4-6-18(23)7-5-16)22(28)24-12-15(3)26-10-8-19-17(13-26)9-11-29-19/h4-7,9,11,14-15,20H,8,10,12-13H2,1-3H3,(H,24,28)(H,25,27). The van der Waals surface area contributed by atoms with Gasteiger partial charge in [0.25, 0.3) is 5.91 Å². The number of hydrogen-bond acceptors (Lipinski definition) is 4. The first-order valence-corrected chi connectivity index (χ1v) is 10.9. The largest absolute Gasteiger partial charge is 0.353 e. The molecule has 0 saturated heterocycles. The molecular weight excluding hydrogens is 389 g/mol. The highest BCUT2D eigenvalue weighted by Gasteiger charge is 2.26. The second-order valence-corrected chi connectivity index (χ2v) is 8.89. The fourth-order valence-corrected chi connectivity index (χ4v) is 4.38. The normalized spacial score (nSPS) is 16.2. The highest BCUT2D eigenvalue weighted by Crippen LogP contribution is 2.25. The first kappa shape index (κ1) is 21.5. The van der Waals surface area contributed by atoms with Crippen molar-refractivity contribution in [1.82, 2.24) is 15.5 Å². The van der Waals surface area contributed by atoms with Crippen LogP contribution in [0, 0.1) is 11.7 Å². The topological polar surface area (TPSA) is 61.4 Å². The summed E-state index contributed by atoms with van der Waals surface area (Å²) < 4.78 is 13.1. The van der Waals surface area contributed by atoms with Crippen molar-refractivity contribution < 1.29 is 14.0 Å². The quantitative estimate of drug-likeness (QED) is 0.727. The molecule has 3 rings (SSSR count). The number of nitrogens with zero attached hydrogens (tertiary/aromatic N) is 1. The van der Waals surface area contributed by atoms with Crippen molar-refractivity contribution in [2.45, 2.75) is 45.8 Å². The van der Waals surface area contributed by atoms with Gasteiger partial charge in [0, 0.05) is 36.1 Å². The fraction of sp³-hybridized carbons (Fsp3) is 0.455. The molecule has 2 heterocycles. The number of benzene rings is 1. The molecule has 29 heavy (non-hydrogen) atoms. The predicted molar refractivity (Wildman–Crippen MR) is 113 cm³/mol. The minimum atomic E-state index is -0.649. The van der Waals surface area contributed by atoms with E-state index in [9.17, 15) is 14.0 Å². The maximum absolute atomic E-state index is 13.1. The van der Waals surface area contributed by atoms with Crippen molar-refractivity contribution in [3.63, 3.8) is 0 Å². The van der Waals surface area contributed by atoms with Gasteiger partial charge >= 0.3 is 0 Å². The van der Waals surface area contributed by atoms with Gasteiger partial charge in [-0.25, -0.2) is 4.39 Å². The molecule has 0 radical (unpaired) electrons. The van der Waals surface area contributed by atoms with Gasteiger partial charge in [-0.2, -0.15) is 0 Å². The first-order chi connectivity index (χ1) is 13.8. The Morgan fingerprint density at radius 1 is 1.17 bits per heavy atom. The minimum absolute atomic E-state index is 0.0712. The highest BCUT2D eigenvalue weighted by molar-refractivity contribution is 7.10. The lowest BCUT2D eigenvalue weighted by Crippen LogP contribution is -2.52. The summed E-state index contributed by atoms with van der Waals surface area (Å²) in [6.45, 7) is 8.31. The number of thiophene rings is 1. The molecule has 2 unspecified atom stereocenters. The van der Waals surface area contributed by atoms with Crippen LogP contribution in [0.1, 0.15) is 41.6 Å². The third-order valence-electron chi connectivity index (χ3n) is 5.37. The molecule has 5 nitrogen and oxygen atoms in total. The number of carbonyl (C=O) groups excluding carboxylic acids is 2. The van der Waals surface area contributed by atoms with Gasteiger partial charge < -0.3 is 10.6 Å². The van der Waals surface area contributed by atoms with Crippen LogP contribution in [-0.2, 0) is 17.8 Å². The summed E-state index contributed by atoms with van der Waals surface area (Å²) >= 11 is 1.81. The fourth-order valence-electron chi connectivity index (χ4n) is 3.49. The summed E-state index contributed by atoms with van der Waals surface area (Å²) in [5.41, 5.74) is 1.71. The smallest absolute Gasteiger partial charge is 0.251 e. The number of halogens is 1. The van der Waals surface area contributed by atoms with E-state index in [2.05, 4.69) is 33.9 Å². The van der Waals surface area contributed by atoms with Crippen LogP contribution in [0.3, 0.4) is 0 Å². The zero-order valence-electron chi connectivity index (χ0n) is 17.1. The second-order valence-electron chi connectivity index (χ2n) is 7.89. The van der Waals surface area contributed by atoms with Gasteiger partial charge in [0.1, 0.15) is 11.9 Å². The summed E-state index contributed by atoms with van der Waals surface area (Å²) in [7, 11) is 0.